The predicted molar refractivity (Wildman–Crippen MR) is 109 cm³/mol. The average molecular weight is 392 g/mol. The minimum absolute atomic E-state index is 0.0636. The fourth-order valence-electron chi connectivity index (χ4n) is 3.94. The summed E-state index contributed by atoms with van der Waals surface area (Å²) in [5, 5.41) is 0. The zero-order chi connectivity index (χ0) is 20.4. The molecule has 3 aromatic rings. The Morgan fingerprint density at radius 1 is 1.17 bits per heavy atom. The van der Waals surface area contributed by atoms with Gasteiger partial charge in [0.15, 0.2) is 6.61 Å². The molecule has 29 heavy (non-hydrogen) atoms. The molecule has 1 aliphatic heterocycles. The summed E-state index contributed by atoms with van der Waals surface area (Å²) in [7, 11) is 2.00. The first-order valence-corrected chi connectivity index (χ1v) is 9.78. The van der Waals surface area contributed by atoms with E-state index in [-0.39, 0.29) is 18.6 Å². The number of rotatable bonds is 5. The van der Waals surface area contributed by atoms with Gasteiger partial charge in [-0.3, -0.25) is 9.59 Å². The molecule has 2 amide bonds. The van der Waals surface area contributed by atoms with Crippen molar-refractivity contribution in [2.45, 2.75) is 25.3 Å². The van der Waals surface area contributed by atoms with E-state index in [9.17, 15) is 9.59 Å². The average Bonchev–Trinajstić information content (AvgIpc) is 3.08. The number of benzene rings is 2. The molecule has 0 unspecified atom stereocenters. The summed E-state index contributed by atoms with van der Waals surface area (Å²) in [6, 6.07) is 14.8. The molecule has 0 saturated carbocycles. The number of aryl methyl sites for hydroxylation is 1. The molecule has 7 heteroatoms. The van der Waals surface area contributed by atoms with Gasteiger partial charge in [0.2, 0.25) is 0 Å². The number of amides is 2. The van der Waals surface area contributed by atoms with Gasteiger partial charge in [-0.25, -0.2) is 4.98 Å². The number of likely N-dealkylation sites (tertiary alicyclic amines) is 1. The van der Waals surface area contributed by atoms with Crippen LogP contribution < -0.4 is 10.5 Å². The lowest BCUT2D eigenvalue weighted by Crippen LogP contribution is -2.39. The summed E-state index contributed by atoms with van der Waals surface area (Å²) in [6.45, 7) is 0.461. The van der Waals surface area contributed by atoms with E-state index in [4.69, 9.17) is 15.5 Å². The highest BCUT2D eigenvalue weighted by Crippen LogP contribution is 2.33. The maximum absolute atomic E-state index is 13.3. The maximum atomic E-state index is 13.3. The number of nitrogens with two attached hydrogens (primary N) is 1. The van der Waals surface area contributed by atoms with Crippen molar-refractivity contribution in [3.05, 3.63) is 59.9 Å². The van der Waals surface area contributed by atoms with Gasteiger partial charge in [-0.2, -0.15) is 0 Å². The van der Waals surface area contributed by atoms with Crippen LogP contribution in [0.4, 0.5) is 0 Å². The zero-order valence-corrected chi connectivity index (χ0v) is 16.4. The van der Waals surface area contributed by atoms with E-state index in [0.717, 1.165) is 36.1 Å². The molecule has 2 N–H and O–H groups in total. The van der Waals surface area contributed by atoms with Gasteiger partial charge in [0, 0.05) is 19.2 Å². The third-order valence-electron chi connectivity index (χ3n) is 5.35. The molecule has 1 saturated heterocycles. The lowest BCUT2D eigenvalue weighted by Gasteiger charge is -2.35. The van der Waals surface area contributed by atoms with E-state index >= 15 is 0 Å². The molecule has 0 bridgehead atoms. The Morgan fingerprint density at radius 2 is 2.00 bits per heavy atom. The van der Waals surface area contributed by atoms with Gasteiger partial charge in [0.05, 0.1) is 17.1 Å². The Balaban J connectivity index is 1.63. The van der Waals surface area contributed by atoms with Crippen LogP contribution in [0, 0.1) is 0 Å². The van der Waals surface area contributed by atoms with Gasteiger partial charge in [-0.05, 0) is 49.6 Å². The summed E-state index contributed by atoms with van der Waals surface area (Å²) >= 11 is 0. The van der Waals surface area contributed by atoms with Crippen molar-refractivity contribution >= 4 is 22.8 Å². The minimum Gasteiger partial charge on any atom is -0.484 e. The molecular formula is C22H24N4O3. The summed E-state index contributed by atoms with van der Waals surface area (Å²) in [4.78, 5) is 31.0. The van der Waals surface area contributed by atoms with Gasteiger partial charge >= 0.3 is 0 Å². The number of nitrogens with zero attached hydrogens (tertiary/aromatic N) is 3. The topological polar surface area (TPSA) is 90.5 Å². The predicted octanol–water partition coefficient (Wildman–Crippen LogP) is 2.80. The number of primary amides is 1. The van der Waals surface area contributed by atoms with Crippen LogP contribution in [0.15, 0.2) is 48.5 Å². The summed E-state index contributed by atoms with van der Waals surface area (Å²) < 4.78 is 7.44. The monoisotopic (exact) mass is 392 g/mol. The van der Waals surface area contributed by atoms with Crippen molar-refractivity contribution in [3.63, 3.8) is 0 Å². The first kappa shape index (κ1) is 19.0. The molecule has 1 aliphatic rings. The smallest absolute Gasteiger partial charge is 0.255 e. The summed E-state index contributed by atoms with van der Waals surface area (Å²) in [5.74, 6) is 0.734. The molecule has 1 fully saturated rings. The van der Waals surface area contributed by atoms with E-state index in [0.29, 0.717) is 17.9 Å². The van der Waals surface area contributed by atoms with E-state index in [2.05, 4.69) is 4.57 Å². The molecule has 7 nitrogen and oxygen atoms in total. The number of carbonyl (C=O) groups is 2. The molecule has 0 radical (unpaired) electrons. The normalized spacial score (nSPS) is 16.7. The van der Waals surface area contributed by atoms with E-state index in [1.165, 1.54) is 0 Å². The SMILES string of the molecule is Cn1c([C@H]2CCCCN2C(=O)c2cccc(OCC(N)=O)c2)nc2ccccc21. The largest absolute Gasteiger partial charge is 0.484 e. The maximum Gasteiger partial charge on any atom is 0.255 e. The second-order valence-electron chi connectivity index (χ2n) is 7.31. The number of ether oxygens (including phenoxy) is 1. The van der Waals surface area contributed by atoms with Gasteiger partial charge in [-0.1, -0.05) is 18.2 Å². The highest BCUT2D eigenvalue weighted by Gasteiger charge is 2.32. The van der Waals surface area contributed by atoms with Crippen LogP contribution in [-0.2, 0) is 11.8 Å². The Morgan fingerprint density at radius 3 is 2.79 bits per heavy atom. The summed E-state index contributed by atoms with van der Waals surface area (Å²) in [5.41, 5.74) is 7.65. The molecule has 0 spiro atoms. The van der Waals surface area contributed by atoms with Crippen molar-refractivity contribution in [1.82, 2.24) is 14.5 Å². The van der Waals surface area contributed by atoms with Gasteiger partial charge in [0.1, 0.15) is 11.6 Å². The van der Waals surface area contributed by atoms with Crippen molar-refractivity contribution in [2.24, 2.45) is 12.8 Å². The highest BCUT2D eigenvalue weighted by atomic mass is 16.5. The molecular weight excluding hydrogens is 368 g/mol. The Kier molecular flexibility index (Phi) is 5.20. The Bertz CT molecular complexity index is 1060. The molecule has 150 valence electrons. The number of imidazole rings is 1. The van der Waals surface area contributed by atoms with E-state index < -0.39 is 5.91 Å². The number of fused-ring (bicyclic) bond motifs is 1. The van der Waals surface area contributed by atoms with Crippen LogP contribution >= 0.6 is 0 Å². The molecule has 2 aromatic carbocycles. The lowest BCUT2D eigenvalue weighted by molar-refractivity contribution is -0.119. The highest BCUT2D eigenvalue weighted by molar-refractivity contribution is 5.95. The standard InChI is InChI=1S/C22H24N4O3/c1-25-18-10-3-2-9-17(18)24-21(25)19-11-4-5-12-26(19)22(28)15-7-6-8-16(13-15)29-14-20(23)27/h2-3,6-10,13,19H,4-5,11-12,14H2,1H3,(H2,23,27)/t19-/m1/s1. The zero-order valence-electron chi connectivity index (χ0n) is 16.4. The van der Waals surface area contributed by atoms with Crippen LogP contribution in [0.3, 0.4) is 0 Å². The molecule has 2 heterocycles. The van der Waals surface area contributed by atoms with Crippen LogP contribution in [0.2, 0.25) is 0 Å². The second kappa shape index (κ2) is 7.95. The fraction of sp³-hybridized carbons (Fsp3) is 0.318. The van der Waals surface area contributed by atoms with E-state index in [1.54, 1.807) is 24.3 Å². The number of para-hydroxylation sites is 2. The van der Waals surface area contributed by atoms with Crippen molar-refractivity contribution in [1.29, 1.82) is 0 Å². The third kappa shape index (κ3) is 3.81. The van der Waals surface area contributed by atoms with Gasteiger partial charge in [0.25, 0.3) is 11.8 Å². The fourth-order valence-corrected chi connectivity index (χ4v) is 3.94. The first-order valence-electron chi connectivity index (χ1n) is 9.78. The van der Waals surface area contributed by atoms with Crippen LogP contribution in [-0.4, -0.2) is 39.4 Å². The number of hydrogen-bond acceptors (Lipinski definition) is 4. The second-order valence-corrected chi connectivity index (χ2v) is 7.31. The molecule has 1 atom stereocenters. The molecule has 4 rings (SSSR count). The number of piperidine rings is 1. The molecule has 1 aromatic heterocycles. The Hall–Kier alpha value is -3.35. The Labute approximate surface area is 169 Å². The number of hydrogen-bond donors (Lipinski definition) is 1. The van der Waals surface area contributed by atoms with Crippen LogP contribution in [0.1, 0.15) is 41.5 Å². The van der Waals surface area contributed by atoms with Crippen LogP contribution in [0.25, 0.3) is 11.0 Å². The summed E-state index contributed by atoms with van der Waals surface area (Å²) in [6.07, 6.45) is 2.89. The van der Waals surface area contributed by atoms with Gasteiger partial charge < -0.3 is 19.9 Å². The number of aromatic nitrogens is 2. The van der Waals surface area contributed by atoms with Crippen molar-refractivity contribution in [3.8, 4) is 5.75 Å². The van der Waals surface area contributed by atoms with Crippen molar-refractivity contribution in [2.75, 3.05) is 13.2 Å². The van der Waals surface area contributed by atoms with Crippen molar-refractivity contribution < 1.29 is 14.3 Å². The van der Waals surface area contributed by atoms with Gasteiger partial charge in [-0.15, -0.1) is 0 Å². The lowest BCUT2D eigenvalue weighted by atomic mass is 10.00. The van der Waals surface area contributed by atoms with Crippen LogP contribution in [0.5, 0.6) is 5.75 Å². The quantitative estimate of drug-likeness (QED) is 0.723. The molecule has 0 aliphatic carbocycles. The first-order chi connectivity index (χ1) is 14.0. The minimum atomic E-state index is -0.556. The third-order valence-corrected chi connectivity index (χ3v) is 5.35. The van der Waals surface area contributed by atoms with E-state index in [1.807, 2.05) is 36.2 Å². The number of carbonyl (C=O) groups excluding carboxylic acids is 2.